The minimum absolute atomic E-state index is 0.367. The topological polar surface area (TPSA) is 72.1 Å². The average Bonchev–Trinajstić information content (AvgIpc) is 2.69. The van der Waals surface area contributed by atoms with Crippen molar-refractivity contribution in [3.63, 3.8) is 0 Å². The molecule has 0 radical (unpaired) electrons. The molecule has 7 heteroatoms. The lowest BCUT2D eigenvalue weighted by atomic mass is 10.2. The largest absolute Gasteiger partial charge is 0.494 e. The van der Waals surface area contributed by atoms with E-state index in [1.165, 1.54) is 0 Å². The van der Waals surface area contributed by atoms with Gasteiger partial charge in [0.2, 0.25) is 0 Å². The summed E-state index contributed by atoms with van der Waals surface area (Å²) in [6, 6.07) is 12.7. The van der Waals surface area contributed by atoms with Crippen LogP contribution in [0.15, 0.2) is 42.5 Å². The van der Waals surface area contributed by atoms with Crippen LogP contribution in [0.5, 0.6) is 11.5 Å². The van der Waals surface area contributed by atoms with Gasteiger partial charge in [0.15, 0.2) is 0 Å². The van der Waals surface area contributed by atoms with E-state index in [2.05, 4.69) is 15.5 Å². The Morgan fingerprint density at radius 3 is 2.27 bits per heavy atom. The van der Waals surface area contributed by atoms with Crippen molar-refractivity contribution in [2.24, 2.45) is 0 Å². The zero-order valence-corrected chi connectivity index (χ0v) is 15.0. The summed E-state index contributed by atoms with van der Waals surface area (Å²) in [6.07, 6.45) is 0. The Hall–Kier alpha value is -2.93. The fourth-order valence-electron chi connectivity index (χ4n) is 2.90. The Balaban J connectivity index is 1.77. The first-order valence-corrected chi connectivity index (χ1v) is 8.43. The maximum Gasteiger partial charge on any atom is 0.323 e. The van der Waals surface area contributed by atoms with E-state index >= 15 is 0 Å². The molecule has 7 nitrogen and oxygen atoms in total. The van der Waals surface area contributed by atoms with Gasteiger partial charge in [0.1, 0.15) is 17.2 Å². The number of hydrogen-bond acceptors (Lipinski definition) is 5. The molecule has 1 aliphatic rings. The molecule has 1 saturated heterocycles. The van der Waals surface area contributed by atoms with Gasteiger partial charge in [-0.2, -0.15) is 0 Å². The van der Waals surface area contributed by atoms with Crippen LogP contribution in [0, 0.1) is 0 Å². The van der Waals surface area contributed by atoms with Crippen molar-refractivity contribution in [1.82, 2.24) is 0 Å². The number of nitrogens with zero attached hydrogens (tertiary/aromatic N) is 1. The van der Waals surface area contributed by atoms with Crippen LogP contribution >= 0.6 is 0 Å². The lowest BCUT2D eigenvalue weighted by Crippen LogP contribution is -2.37. The fourth-order valence-corrected chi connectivity index (χ4v) is 2.90. The molecule has 2 amide bonds. The molecule has 3 rings (SSSR count). The molecule has 0 aliphatic carbocycles. The van der Waals surface area contributed by atoms with E-state index in [4.69, 9.17) is 14.2 Å². The van der Waals surface area contributed by atoms with Crippen molar-refractivity contribution in [2.45, 2.75) is 0 Å². The van der Waals surface area contributed by atoms with Crippen LogP contribution in [0.3, 0.4) is 0 Å². The van der Waals surface area contributed by atoms with Crippen molar-refractivity contribution >= 4 is 23.1 Å². The fraction of sp³-hybridized carbons (Fsp3) is 0.316. The molecule has 0 bridgehead atoms. The predicted molar refractivity (Wildman–Crippen MR) is 102 cm³/mol. The van der Waals surface area contributed by atoms with Crippen molar-refractivity contribution < 1.29 is 19.0 Å². The third kappa shape index (κ3) is 4.00. The Kier molecular flexibility index (Phi) is 5.80. The van der Waals surface area contributed by atoms with Gasteiger partial charge in [-0.05, 0) is 24.3 Å². The van der Waals surface area contributed by atoms with Gasteiger partial charge in [-0.25, -0.2) is 4.79 Å². The summed E-state index contributed by atoms with van der Waals surface area (Å²) in [6.45, 7) is 2.94. The van der Waals surface area contributed by atoms with Gasteiger partial charge in [0.05, 0.1) is 38.8 Å². The van der Waals surface area contributed by atoms with E-state index in [0.717, 1.165) is 24.5 Å². The minimum atomic E-state index is -0.367. The number of nitrogens with one attached hydrogen (secondary N) is 2. The molecule has 2 aromatic carbocycles. The second-order valence-corrected chi connectivity index (χ2v) is 5.73. The smallest absolute Gasteiger partial charge is 0.323 e. The van der Waals surface area contributed by atoms with Crippen LogP contribution in [-0.2, 0) is 4.74 Å². The van der Waals surface area contributed by atoms with Gasteiger partial charge in [-0.3, -0.25) is 0 Å². The van der Waals surface area contributed by atoms with Crippen molar-refractivity contribution in [2.75, 3.05) is 56.1 Å². The van der Waals surface area contributed by atoms with Crippen LogP contribution in [0.1, 0.15) is 0 Å². The molecule has 0 atom stereocenters. The predicted octanol–water partition coefficient (Wildman–Crippen LogP) is 3.18. The number of carbonyl (C=O) groups is 1. The van der Waals surface area contributed by atoms with E-state index in [0.29, 0.717) is 30.4 Å². The van der Waals surface area contributed by atoms with E-state index < -0.39 is 0 Å². The SMILES string of the molecule is COc1cccc(OC)c1NC(=O)Nc1ccccc1N1CCOCC1. The van der Waals surface area contributed by atoms with Crippen molar-refractivity contribution in [3.05, 3.63) is 42.5 Å². The van der Waals surface area contributed by atoms with E-state index in [1.54, 1.807) is 32.4 Å². The molecule has 1 heterocycles. The lowest BCUT2D eigenvalue weighted by Gasteiger charge is -2.30. The highest BCUT2D eigenvalue weighted by Crippen LogP contribution is 2.34. The summed E-state index contributed by atoms with van der Waals surface area (Å²) in [5.74, 6) is 1.06. The first-order chi connectivity index (χ1) is 12.7. The maximum atomic E-state index is 12.6. The lowest BCUT2D eigenvalue weighted by molar-refractivity contribution is 0.123. The van der Waals surface area contributed by atoms with E-state index in [-0.39, 0.29) is 6.03 Å². The molecule has 2 N–H and O–H groups in total. The number of amides is 2. The van der Waals surface area contributed by atoms with Crippen LogP contribution in [-0.4, -0.2) is 46.6 Å². The molecule has 0 unspecified atom stereocenters. The quantitative estimate of drug-likeness (QED) is 0.860. The molecule has 138 valence electrons. The van der Waals surface area contributed by atoms with Crippen LogP contribution in [0.25, 0.3) is 0 Å². The maximum absolute atomic E-state index is 12.6. The molecule has 1 fully saturated rings. The Labute approximate surface area is 152 Å². The van der Waals surface area contributed by atoms with Crippen molar-refractivity contribution in [1.29, 1.82) is 0 Å². The number of benzene rings is 2. The first-order valence-electron chi connectivity index (χ1n) is 8.43. The van der Waals surface area contributed by atoms with E-state index in [1.807, 2.05) is 24.3 Å². The highest BCUT2D eigenvalue weighted by Gasteiger charge is 2.17. The third-order valence-electron chi connectivity index (χ3n) is 4.17. The minimum Gasteiger partial charge on any atom is -0.494 e. The zero-order valence-electron chi connectivity index (χ0n) is 15.0. The first kappa shape index (κ1) is 17.9. The summed E-state index contributed by atoms with van der Waals surface area (Å²) >= 11 is 0. The number of urea groups is 1. The standard InChI is InChI=1S/C19H23N3O4/c1-24-16-8-5-9-17(25-2)18(16)21-19(23)20-14-6-3-4-7-15(14)22-10-12-26-13-11-22/h3-9H,10-13H2,1-2H3,(H2,20,21,23). The third-order valence-corrected chi connectivity index (χ3v) is 4.17. The molecule has 0 spiro atoms. The monoisotopic (exact) mass is 357 g/mol. The van der Waals surface area contributed by atoms with Crippen LogP contribution < -0.4 is 25.0 Å². The Bertz CT molecular complexity index is 738. The normalized spacial score (nSPS) is 13.8. The number of carbonyl (C=O) groups excluding carboxylic acids is 1. The number of methoxy groups -OCH3 is 2. The second kappa shape index (κ2) is 8.44. The van der Waals surface area contributed by atoms with Gasteiger partial charge in [0.25, 0.3) is 0 Å². The number of para-hydroxylation sites is 3. The summed E-state index contributed by atoms with van der Waals surface area (Å²) < 4.78 is 16.0. The molecule has 0 saturated carbocycles. The summed E-state index contributed by atoms with van der Waals surface area (Å²) in [4.78, 5) is 14.8. The number of morpholine rings is 1. The van der Waals surface area contributed by atoms with E-state index in [9.17, 15) is 4.79 Å². The summed E-state index contributed by atoms with van der Waals surface area (Å²) in [5.41, 5.74) is 2.19. The zero-order chi connectivity index (χ0) is 18.4. The molecule has 26 heavy (non-hydrogen) atoms. The number of rotatable bonds is 5. The van der Waals surface area contributed by atoms with Crippen LogP contribution in [0.4, 0.5) is 21.9 Å². The van der Waals surface area contributed by atoms with Gasteiger partial charge < -0.3 is 29.7 Å². The summed E-state index contributed by atoms with van der Waals surface area (Å²) in [5, 5.41) is 5.73. The second-order valence-electron chi connectivity index (χ2n) is 5.73. The molecular weight excluding hydrogens is 334 g/mol. The van der Waals surface area contributed by atoms with Crippen LogP contribution in [0.2, 0.25) is 0 Å². The van der Waals surface area contributed by atoms with Gasteiger partial charge in [-0.1, -0.05) is 18.2 Å². The molecule has 1 aliphatic heterocycles. The Morgan fingerprint density at radius 1 is 0.962 bits per heavy atom. The highest BCUT2D eigenvalue weighted by molar-refractivity contribution is 6.03. The van der Waals surface area contributed by atoms with Crippen molar-refractivity contribution in [3.8, 4) is 11.5 Å². The average molecular weight is 357 g/mol. The number of anilines is 3. The molecular formula is C19H23N3O4. The van der Waals surface area contributed by atoms with Gasteiger partial charge in [0, 0.05) is 13.1 Å². The summed E-state index contributed by atoms with van der Waals surface area (Å²) in [7, 11) is 3.09. The van der Waals surface area contributed by atoms with Gasteiger partial charge >= 0.3 is 6.03 Å². The molecule has 2 aromatic rings. The highest BCUT2D eigenvalue weighted by atomic mass is 16.5. The number of hydrogen-bond donors (Lipinski definition) is 2. The Morgan fingerprint density at radius 2 is 1.62 bits per heavy atom. The van der Waals surface area contributed by atoms with Gasteiger partial charge in [-0.15, -0.1) is 0 Å². The number of ether oxygens (including phenoxy) is 3. The molecule has 0 aromatic heterocycles.